The van der Waals surface area contributed by atoms with Crippen LogP contribution in [-0.4, -0.2) is 101 Å². The van der Waals surface area contributed by atoms with Gasteiger partial charge < -0.3 is 29.5 Å². The quantitative estimate of drug-likeness (QED) is 0.0393. The van der Waals surface area contributed by atoms with Gasteiger partial charge in [0.1, 0.15) is 34.5 Å². The zero-order valence-corrected chi connectivity index (χ0v) is 51.9. The maximum absolute atomic E-state index is 15.1. The predicted octanol–water partition coefficient (Wildman–Crippen LogP) is 14.7. The minimum absolute atomic E-state index is 0.00333. The number of amides is 3. The number of nitrogens with one attached hydrogen (secondary N) is 1. The average molecular weight is 1190 g/mol. The first-order chi connectivity index (χ1) is 38.9. The lowest BCUT2D eigenvalue weighted by Gasteiger charge is -2.42. The molecular weight excluding hydrogens is 1120 g/mol. The van der Waals surface area contributed by atoms with Crippen molar-refractivity contribution in [3.05, 3.63) is 140 Å². The monoisotopic (exact) mass is 1190 g/mol. The van der Waals surface area contributed by atoms with Crippen molar-refractivity contribution >= 4 is 94.9 Å². The smallest absolute Gasteiger partial charge is 0.299 e. The molecule has 0 radical (unpaired) electrons. The number of nitrogens with zero attached hydrogens (tertiary/aromatic N) is 8. The summed E-state index contributed by atoms with van der Waals surface area (Å²) in [7, 11) is -1.78. The molecule has 0 atom stereocenters. The van der Waals surface area contributed by atoms with Gasteiger partial charge in [0, 0.05) is 70.3 Å². The van der Waals surface area contributed by atoms with Gasteiger partial charge in [0.2, 0.25) is 11.8 Å². The van der Waals surface area contributed by atoms with Crippen molar-refractivity contribution in [2.75, 3.05) is 41.3 Å². The number of rotatable bonds is 15. The van der Waals surface area contributed by atoms with E-state index in [0.29, 0.717) is 98.2 Å². The number of halogens is 4. The molecule has 0 aliphatic carbocycles. The van der Waals surface area contributed by atoms with Crippen molar-refractivity contribution in [3.63, 3.8) is 0 Å². The van der Waals surface area contributed by atoms with Crippen LogP contribution in [0.5, 0.6) is 0 Å². The highest BCUT2D eigenvalue weighted by Gasteiger charge is 2.51. The molecule has 7 rings (SSSR count). The molecule has 0 unspecified atom stereocenters. The minimum Gasteiger partial charge on any atom is -0.414 e. The van der Waals surface area contributed by atoms with Crippen molar-refractivity contribution in [3.8, 4) is 0 Å². The summed E-state index contributed by atoms with van der Waals surface area (Å²) in [6.07, 6.45) is 5.54. The van der Waals surface area contributed by atoms with E-state index in [1.807, 2.05) is 4.90 Å². The number of aliphatic hydroxyl groups excluding tert-OH is 1. The standard InChI is InChI=1S/C28H30F2N4O3S.C25H40FN3O2Si.C9H5FN2S/c1-17-22(31-4)10-11-23(25(17)30)33-26(37)28(2,3)34(27(33)38)19-9-8-18(21(29)16-19)6-5-7-24(36)32-14-12-20(35)13-15-32;1-24(2,3)32(7,8)31-21-14-16-29(17-15-21)23(30)11-9-10-19-12-13-20(18-22(19)26)28-25(4,5)27-6;1-6-7(11-2)3-4-8(9(6)10)12-5-13/h8-11,16,20,35H,5-7,12-15H2,1-3H3;12-13,18,21,28H,9-11,14-17H2,1-5,7-8H3;3-4H,1H3. The Hall–Kier alpha value is -6.89. The molecule has 21 heteroatoms. The summed E-state index contributed by atoms with van der Waals surface area (Å²) in [6.45, 7) is 44.7. The Labute approximate surface area is 498 Å². The second kappa shape index (κ2) is 28.6. The number of piperidine rings is 2. The van der Waals surface area contributed by atoms with Gasteiger partial charge in [-0.05, 0) is 180 Å². The molecular formula is C62H75F4N9O5S2Si. The van der Waals surface area contributed by atoms with Gasteiger partial charge in [-0.1, -0.05) is 45.0 Å². The van der Waals surface area contributed by atoms with Gasteiger partial charge in [-0.3, -0.25) is 24.1 Å². The molecule has 0 aromatic heterocycles. The lowest BCUT2D eigenvalue weighted by molar-refractivity contribution is -0.134. The van der Waals surface area contributed by atoms with Crippen molar-refractivity contribution in [1.82, 2.24) is 9.80 Å². The van der Waals surface area contributed by atoms with Crippen molar-refractivity contribution in [1.29, 1.82) is 0 Å². The van der Waals surface area contributed by atoms with Crippen LogP contribution in [0.25, 0.3) is 14.5 Å². The Morgan fingerprint density at radius 1 is 0.795 bits per heavy atom. The normalized spacial score (nSPS) is 15.7. The largest absolute Gasteiger partial charge is 0.414 e. The van der Waals surface area contributed by atoms with Crippen LogP contribution in [0, 0.1) is 56.8 Å². The third-order valence-electron chi connectivity index (χ3n) is 15.6. The van der Waals surface area contributed by atoms with E-state index >= 15 is 8.78 Å². The van der Waals surface area contributed by atoms with E-state index in [4.69, 9.17) is 36.4 Å². The van der Waals surface area contributed by atoms with E-state index in [-0.39, 0.29) is 62.6 Å². The third kappa shape index (κ3) is 16.9. The Bertz CT molecular complexity index is 3240. The number of aliphatic imine (C=N–C) groups is 1. The lowest BCUT2D eigenvalue weighted by atomic mass is 10.0. The number of aliphatic hydroxyl groups is 1. The number of hydrogen-bond acceptors (Lipinski definition) is 9. The number of thiocarbonyl (C=S) groups is 2. The lowest BCUT2D eigenvalue weighted by Crippen LogP contribution is -2.48. The van der Waals surface area contributed by atoms with E-state index in [2.05, 4.69) is 76.1 Å². The molecule has 83 heavy (non-hydrogen) atoms. The number of carbonyl (C=O) groups is 3. The number of carbonyl (C=O) groups excluding carboxylic acids is 3. The highest BCUT2D eigenvalue weighted by molar-refractivity contribution is 7.81. The summed E-state index contributed by atoms with van der Waals surface area (Å²) in [4.78, 5) is 58.2. The van der Waals surface area contributed by atoms with E-state index in [9.17, 15) is 28.3 Å². The van der Waals surface area contributed by atoms with E-state index < -0.39 is 42.9 Å². The highest BCUT2D eigenvalue weighted by Crippen LogP contribution is 2.41. The summed E-state index contributed by atoms with van der Waals surface area (Å²) in [5.41, 5.74) is 0.935. The van der Waals surface area contributed by atoms with Crippen LogP contribution in [0.1, 0.15) is 122 Å². The Balaban J connectivity index is 0.000000253. The van der Waals surface area contributed by atoms with Crippen LogP contribution in [0.2, 0.25) is 18.1 Å². The van der Waals surface area contributed by atoms with Gasteiger partial charge in [-0.2, -0.15) is 4.99 Å². The molecule has 3 amide bonds. The van der Waals surface area contributed by atoms with Gasteiger partial charge in [-0.15, -0.1) is 0 Å². The number of likely N-dealkylation sites (tertiary alicyclic amines) is 2. The van der Waals surface area contributed by atoms with E-state index in [1.54, 1.807) is 56.9 Å². The SMILES string of the molecule is [C-]#[N+]C(C)(C)Nc1ccc(CCCC(=O)N2CCC(O[Si](C)(C)C(C)(C)C)CC2)c(F)c1.[C-]#[N+]c1ccc(N2C(=O)C(C)(C)N(c3ccc(CCCC(=O)N4CCC(O)CC4)c(F)c3)C2=S)c(F)c1C.[C-]#[N+]c1ccc(N=C=S)c(F)c1C. The Morgan fingerprint density at radius 2 is 1.30 bits per heavy atom. The van der Waals surface area contributed by atoms with Gasteiger partial charge >= 0.3 is 0 Å². The van der Waals surface area contributed by atoms with Gasteiger partial charge in [-0.25, -0.2) is 33.8 Å². The summed E-state index contributed by atoms with van der Waals surface area (Å²) < 4.78 is 64.6. The first-order valence-electron chi connectivity index (χ1n) is 27.7. The highest BCUT2D eigenvalue weighted by atomic mass is 32.1. The van der Waals surface area contributed by atoms with Crippen LogP contribution in [-0.2, 0) is 31.7 Å². The fourth-order valence-electron chi connectivity index (χ4n) is 9.51. The zero-order valence-electron chi connectivity index (χ0n) is 49.3. The van der Waals surface area contributed by atoms with Gasteiger partial charge in [0.25, 0.3) is 11.6 Å². The molecule has 0 spiro atoms. The summed E-state index contributed by atoms with van der Waals surface area (Å²) >= 11 is 9.94. The number of isothiocyanates is 1. The second-order valence-corrected chi connectivity index (χ2v) is 28.8. The second-order valence-electron chi connectivity index (χ2n) is 23.5. The molecule has 4 aromatic carbocycles. The van der Waals surface area contributed by atoms with E-state index in [0.717, 1.165) is 30.8 Å². The number of hydrogen-bond donors (Lipinski definition) is 2. The molecule has 3 heterocycles. The topological polar surface area (TPSA) is 131 Å². The van der Waals surface area contributed by atoms with Crippen LogP contribution in [0.15, 0.2) is 65.7 Å². The Morgan fingerprint density at radius 3 is 1.80 bits per heavy atom. The summed E-state index contributed by atoms with van der Waals surface area (Å²) in [6, 6.07) is 15.3. The van der Waals surface area contributed by atoms with Crippen molar-refractivity contribution in [2.45, 2.75) is 168 Å². The summed E-state index contributed by atoms with van der Waals surface area (Å²) in [5, 5.41) is 14.9. The van der Waals surface area contributed by atoms with Crippen LogP contribution >= 0.6 is 24.4 Å². The molecule has 0 bridgehead atoms. The number of anilines is 3. The Kier molecular flexibility index (Phi) is 23.0. The molecule has 4 aromatic rings. The first kappa shape index (κ1) is 66.9. The molecule has 2 N–H and O–H groups in total. The molecule has 442 valence electrons. The van der Waals surface area contributed by atoms with Gasteiger partial charge in [0.05, 0.1) is 30.1 Å². The number of benzene rings is 4. The van der Waals surface area contributed by atoms with Crippen molar-refractivity contribution < 1.29 is 41.5 Å². The predicted molar refractivity (Wildman–Crippen MR) is 329 cm³/mol. The third-order valence-corrected chi connectivity index (χ3v) is 20.6. The molecule has 3 saturated heterocycles. The molecule has 3 aliphatic heterocycles. The molecule has 3 fully saturated rings. The number of aryl methyl sites for hydroxylation is 2. The summed E-state index contributed by atoms with van der Waals surface area (Å²) in [5.74, 6) is -2.31. The zero-order chi connectivity index (χ0) is 61.8. The average Bonchev–Trinajstić information content (AvgIpc) is 2.34. The van der Waals surface area contributed by atoms with Crippen LogP contribution < -0.4 is 15.1 Å². The van der Waals surface area contributed by atoms with Crippen LogP contribution in [0.3, 0.4) is 0 Å². The van der Waals surface area contributed by atoms with Gasteiger partial charge in [0.15, 0.2) is 24.8 Å². The van der Waals surface area contributed by atoms with E-state index in [1.165, 1.54) is 55.1 Å². The molecule has 0 saturated carbocycles. The fraction of sp³-hybridized carbons (Fsp3) is 0.484. The maximum atomic E-state index is 15.1. The van der Waals surface area contributed by atoms with Crippen LogP contribution in [0.4, 0.5) is 51.7 Å². The molecule has 3 aliphatic rings. The molecule has 14 nitrogen and oxygen atoms in total. The van der Waals surface area contributed by atoms with Crippen molar-refractivity contribution in [2.24, 2.45) is 4.99 Å². The maximum Gasteiger partial charge on any atom is 0.299 e. The fourth-order valence-corrected chi connectivity index (χ4v) is 11.5. The minimum atomic E-state index is -1.78. The first-order valence-corrected chi connectivity index (χ1v) is 31.4.